The van der Waals surface area contributed by atoms with Crippen molar-refractivity contribution in [1.29, 1.82) is 0 Å². The molecular formula is C11H16F3NO3. The van der Waals surface area contributed by atoms with Gasteiger partial charge in [-0.3, -0.25) is 4.79 Å². The maximum atomic E-state index is 12.1. The minimum atomic E-state index is -4.61. The van der Waals surface area contributed by atoms with E-state index in [-0.39, 0.29) is 5.92 Å². The fourth-order valence-electron chi connectivity index (χ4n) is 2.09. The number of carbonyl (C=O) groups excluding carboxylic acids is 1. The van der Waals surface area contributed by atoms with E-state index < -0.39 is 30.5 Å². The maximum absolute atomic E-state index is 12.1. The number of carboxylic acids is 1. The summed E-state index contributed by atoms with van der Waals surface area (Å²) in [5, 5.41) is 10.7. The number of hydrogen-bond acceptors (Lipinski definition) is 2. The predicted octanol–water partition coefficient (Wildman–Crippen LogP) is 2.09. The Morgan fingerprint density at radius 2 is 1.78 bits per heavy atom. The van der Waals surface area contributed by atoms with Crippen LogP contribution in [0.2, 0.25) is 0 Å². The molecule has 1 saturated carbocycles. The predicted molar refractivity (Wildman–Crippen MR) is 56.8 cm³/mol. The summed E-state index contributed by atoms with van der Waals surface area (Å²) in [7, 11) is 0. The Morgan fingerprint density at radius 1 is 1.22 bits per heavy atom. The van der Waals surface area contributed by atoms with Crippen molar-refractivity contribution in [3.05, 3.63) is 0 Å². The Bertz CT molecular complexity index is 311. The molecule has 0 aromatic rings. The van der Waals surface area contributed by atoms with Crippen molar-refractivity contribution in [2.75, 3.05) is 0 Å². The normalized spacial score (nSPS) is 19.3. The van der Waals surface area contributed by atoms with Crippen LogP contribution in [0.3, 0.4) is 0 Å². The summed E-state index contributed by atoms with van der Waals surface area (Å²) in [6, 6.07) is -1.89. The first-order chi connectivity index (χ1) is 8.29. The van der Waals surface area contributed by atoms with Crippen molar-refractivity contribution >= 4 is 11.9 Å². The third-order valence-corrected chi connectivity index (χ3v) is 3.03. The van der Waals surface area contributed by atoms with Crippen LogP contribution in [0.4, 0.5) is 13.2 Å². The molecule has 1 unspecified atom stereocenters. The highest BCUT2D eigenvalue weighted by Crippen LogP contribution is 2.25. The van der Waals surface area contributed by atoms with Gasteiger partial charge in [0.15, 0.2) is 0 Å². The average molecular weight is 267 g/mol. The van der Waals surface area contributed by atoms with Gasteiger partial charge >= 0.3 is 12.1 Å². The van der Waals surface area contributed by atoms with Crippen LogP contribution in [0, 0.1) is 5.92 Å². The molecule has 1 atom stereocenters. The molecule has 0 heterocycles. The van der Waals surface area contributed by atoms with E-state index in [0.717, 1.165) is 19.3 Å². The van der Waals surface area contributed by atoms with Crippen LogP contribution < -0.4 is 5.32 Å². The van der Waals surface area contributed by atoms with Crippen molar-refractivity contribution in [2.45, 2.75) is 50.7 Å². The molecule has 1 aliphatic carbocycles. The molecule has 104 valence electrons. The van der Waals surface area contributed by atoms with E-state index in [1.165, 1.54) is 0 Å². The number of carbonyl (C=O) groups is 2. The molecule has 0 aromatic heterocycles. The number of aliphatic carboxylic acids is 1. The van der Waals surface area contributed by atoms with Gasteiger partial charge in [-0.1, -0.05) is 19.3 Å². The zero-order valence-corrected chi connectivity index (χ0v) is 9.79. The highest BCUT2D eigenvalue weighted by Gasteiger charge is 2.37. The number of hydrogen-bond donors (Lipinski definition) is 2. The smallest absolute Gasteiger partial charge is 0.391 e. The second-order valence-electron chi connectivity index (χ2n) is 4.55. The molecule has 2 N–H and O–H groups in total. The van der Waals surface area contributed by atoms with E-state index in [9.17, 15) is 22.8 Å². The van der Waals surface area contributed by atoms with Crippen molar-refractivity contribution < 1.29 is 27.9 Å². The minimum absolute atomic E-state index is 0.353. The lowest BCUT2D eigenvalue weighted by Crippen LogP contribution is -2.46. The van der Waals surface area contributed by atoms with E-state index >= 15 is 0 Å². The fraction of sp³-hybridized carbons (Fsp3) is 0.818. The van der Waals surface area contributed by atoms with Gasteiger partial charge in [0.1, 0.15) is 6.04 Å². The van der Waals surface area contributed by atoms with Gasteiger partial charge in [-0.25, -0.2) is 4.79 Å². The van der Waals surface area contributed by atoms with Crippen molar-refractivity contribution in [3.63, 3.8) is 0 Å². The van der Waals surface area contributed by atoms with E-state index in [1.807, 2.05) is 5.32 Å². The summed E-state index contributed by atoms with van der Waals surface area (Å²) >= 11 is 0. The quantitative estimate of drug-likeness (QED) is 0.819. The summed E-state index contributed by atoms with van der Waals surface area (Å²) in [6.07, 6.45) is -2.20. The van der Waals surface area contributed by atoms with Gasteiger partial charge in [-0.15, -0.1) is 0 Å². The molecule has 0 aromatic carbocycles. The van der Waals surface area contributed by atoms with Crippen LogP contribution >= 0.6 is 0 Å². The van der Waals surface area contributed by atoms with Crippen LogP contribution in [0.25, 0.3) is 0 Å². The highest BCUT2D eigenvalue weighted by molar-refractivity contribution is 5.85. The number of carboxylic acid groups (broad SMARTS) is 1. The molecule has 1 amide bonds. The third kappa shape index (κ3) is 4.93. The molecule has 4 nitrogen and oxygen atoms in total. The van der Waals surface area contributed by atoms with Crippen LogP contribution in [0.5, 0.6) is 0 Å². The van der Waals surface area contributed by atoms with Gasteiger partial charge in [0.2, 0.25) is 5.91 Å². The molecule has 1 fully saturated rings. The summed E-state index contributed by atoms with van der Waals surface area (Å²) in [6.45, 7) is 0. The first kappa shape index (κ1) is 14.8. The third-order valence-electron chi connectivity index (χ3n) is 3.03. The molecule has 0 spiro atoms. The Hall–Kier alpha value is -1.27. The lowest BCUT2D eigenvalue weighted by atomic mass is 9.88. The lowest BCUT2D eigenvalue weighted by Gasteiger charge is -2.23. The molecule has 1 rings (SSSR count). The first-order valence-electron chi connectivity index (χ1n) is 5.89. The van der Waals surface area contributed by atoms with E-state index in [2.05, 4.69) is 0 Å². The van der Waals surface area contributed by atoms with Crippen molar-refractivity contribution in [3.8, 4) is 0 Å². The molecule has 7 heteroatoms. The second-order valence-corrected chi connectivity index (χ2v) is 4.55. The molecule has 0 aliphatic heterocycles. The van der Waals surface area contributed by atoms with Crippen LogP contribution in [0.1, 0.15) is 38.5 Å². The van der Waals surface area contributed by atoms with Crippen molar-refractivity contribution in [2.24, 2.45) is 5.92 Å². The molecule has 1 aliphatic rings. The highest BCUT2D eigenvalue weighted by atomic mass is 19.4. The Labute approximate surface area is 103 Å². The number of alkyl halides is 3. The number of amides is 1. The molecule has 0 radical (unpaired) electrons. The second kappa shape index (κ2) is 6.06. The number of rotatable bonds is 4. The first-order valence-corrected chi connectivity index (χ1v) is 5.89. The van der Waals surface area contributed by atoms with Crippen molar-refractivity contribution in [1.82, 2.24) is 5.32 Å². The summed E-state index contributed by atoms with van der Waals surface area (Å²) in [5.41, 5.74) is 0. The van der Waals surface area contributed by atoms with Crippen LogP contribution in [-0.4, -0.2) is 29.2 Å². The largest absolute Gasteiger partial charge is 0.480 e. The van der Waals surface area contributed by atoms with Gasteiger partial charge in [0.05, 0.1) is 6.42 Å². The number of nitrogens with one attached hydrogen (secondary N) is 1. The molecular weight excluding hydrogens is 251 g/mol. The van der Waals surface area contributed by atoms with Gasteiger partial charge in [0, 0.05) is 5.92 Å². The molecule has 18 heavy (non-hydrogen) atoms. The van der Waals surface area contributed by atoms with E-state index in [4.69, 9.17) is 5.11 Å². The van der Waals surface area contributed by atoms with Gasteiger partial charge in [0.25, 0.3) is 0 Å². The standard InChI is InChI=1S/C11H16F3NO3/c12-11(13,14)6-8(10(17)18)15-9(16)7-4-2-1-3-5-7/h7-8H,1-6H2,(H,15,16)(H,17,18). The van der Waals surface area contributed by atoms with Gasteiger partial charge < -0.3 is 10.4 Å². The van der Waals surface area contributed by atoms with Crippen LogP contribution in [-0.2, 0) is 9.59 Å². The average Bonchev–Trinajstić information content (AvgIpc) is 2.27. The van der Waals surface area contributed by atoms with E-state index in [0.29, 0.717) is 12.8 Å². The number of halogens is 3. The van der Waals surface area contributed by atoms with Gasteiger partial charge in [-0.2, -0.15) is 13.2 Å². The summed E-state index contributed by atoms with van der Waals surface area (Å²) in [5.74, 6) is -2.59. The SMILES string of the molecule is O=C(NC(CC(F)(F)F)C(=O)O)C1CCCCC1. The van der Waals surface area contributed by atoms with E-state index in [1.54, 1.807) is 0 Å². The maximum Gasteiger partial charge on any atom is 0.391 e. The lowest BCUT2D eigenvalue weighted by molar-refractivity contribution is -0.160. The minimum Gasteiger partial charge on any atom is -0.480 e. The molecule has 0 bridgehead atoms. The van der Waals surface area contributed by atoms with Crippen LogP contribution in [0.15, 0.2) is 0 Å². The zero-order chi connectivity index (χ0) is 13.8. The summed E-state index contributed by atoms with van der Waals surface area (Å²) in [4.78, 5) is 22.3. The topological polar surface area (TPSA) is 66.4 Å². The Morgan fingerprint density at radius 3 is 2.22 bits per heavy atom. The fourth-order valence-corrected chi connectivity index (χ4v) is 2.09. The summed E-state index contributed by atoms with van der Waals surface area (Å²) < 4.78 is 36.4. The Balaban J connectivity index is 2.54. The zero-order valence-electron chi connectivity index (χ0n) is 9.79. The monoisotopic (exact) mass is 267 g/mol. The van der Waals surface area contributed by atoms with Gasteiger partial charge in [-0.05, 0) is 12.8 Å². The Kier molecular flexibility index (Phi) is 4.98. The molecule has 0 saturated heterocycles.